The minimum atomic E-state index is -4.31. The third-order valence-corrected chi connectivity index (χ3v) is 9.67. The zero-order valence-corrected chi connectivity index (χ0v) is 28.0. The number of piperidine rings is 1. The van der Waals surface area contributed by atoms with Crippen LogP contribution < -0.4 is 21.2 Å². The van der Waals surface area contributed by atoms with E-state index in [4.69, 9.17) is 24.3 Å². The second-order valence-corrected chi connectivity index (χ2v) is 13.9. The second kappa shape index (κ2) is 15.3. The van der Waals surface area contributed by atoms with Crippen molar-refractivity contribution in [2.24, 2.45) is 0 Å². The molecule has 50 heavy (non-hydrogen) atoms. The second-order valence-electron chi connectivity index (χ2n) is 12.1. The van der Waals surface area contributed by atoms with Crippen LogP contribution in [-0.4, -0.2) is 74.3 Å². The van der Waals surface area contributed by atoms with Crippen molar-refractivity contribution < 1.29 is 46.7 Å². The van der Waals surface area contributed by atoms with E-state index in [0.29, 0.717) is 23.2 Å². The summed E-state index contributed by atoms with van der Waals surface area (Å²) in [7, 11) is -4.31. The maximum absolute atomic E-state index is 15.0. The van der Waals surface area contributed by atoms with Crippen LogP contribution in [0.1, 0.15) is 55.3 Å². The van der Waals surface area contributed by atoms with E-state index in [9.17, 15) is 29.4 Å². The molecule has 3 aromatic rings. The number of nitrogen functional groups attached to an aromatic ring is 1. The van der Waals surface area contributed by atoms with Crippen molar-refractivity contribution in [2.75, 3.05) is 25.4 Å². The molecule has 2 aromatic carbocycles. The number of aromatic nitrogens is 2. The highest BCUT2D eigenvalue weighted by Gasteiger charge is 2.60. The molecule has 270 valence electrons. The fourth-order valence-corrected chi connectivity index (χ4v) is 6.97. The summed E-state index contributed by atoms with van der Waals surface area (Å²) in [6.07, 6.45) is -2.66. The quantitative estimate of drug-likeness (QED) is 0.127. The van der Waals surface area contributed by atoms with Crippen LogP contribution in [-0.2, 0) is 25.0 Å². The van der Waals surface area contributed by atoms with Crippen molar-refractivity contribution >= 4 is 25.2 Å². The van der Waals surface area contributed by atoms with Gasteiger partial charge in [-0.1, -0.05) is 6.07 Å². The number of hydrogen-bond donors (Lipinski definition) is 3. The molecule has 1 amide bonds. The van der Waals surface area contributed by atoms with Crippen LogP contribution in [0, 0.1) is 10.1 Å². The van der Waals surface area contributed by atoms with Crippen LogP contribution in [0.5, 0.6) is 11.5 Å². The molecule has 19 heteroatoms. The molecule has 1 aromatic heterocycles. The third-order valence-electron chi connectivity index (χ3n) is 7.88. The Morgan fingerprint density at radius 3 is 2.62 bits per heavy atom. The number of likely N-dealkylation sites (tertiary alicyclic amines) is 1. The van der Waals surface area contributed by atoms with Gasteiger partial charge in [0.2, 0.25) is 12.0 Å². The zero-order valence-electron chi connectivity index (χ0n) is 27.1. The first kappa shape index (κ1) is 36.9. The van der Waals surface area contributed by atoms with Gasteiger partial charge in [-0.3, -0.25) is 28.5 Å². The molecule has 0 spiro atoms. The van der Waals surface area contributed by atoms with Crippen LogP contribution >= 0.6 is 7.75 Å². The van der Waals surface area contributed by atoms with Crippen molar-refractivity contribution in [3.63, 3.8) is 0 Å². The van der Waals surface area contributed by atoms with Gasteiger partial charge < -0.3 is 25.2 Å². The van der Waals surface area contributed by atoms with Gasteiger partial charge in [0.05, 0.1) is 18.1 Å². The number of nitrogens with one attached hydrogen (secondary N) is 1. The molecule has 4 N–H and O–H groups in total. The number of alkyl halides is 2. The summed E-state index contributed by atoms with van der Waals surface area (Å²) in [5.74, 6) is -4.36. The Bertz CT molecular complexity index is 1820. The Labute approximate surface area is 284 Å². The van der Waals surface area contributed by atoms with Crippen molar-refractivity contribution in [2.45, 2.75) is 70.1 Å². The number of nitro benzene ring substituents is 1. The van der Waals surface area contributed by atoms with E-state index in [-0.39, 0.29) is 34.5 Å². The molecular weight excluding hydrogens is 685 g/mol. The average Bonchev–Trinajstić information content (AvgIpc) is 3.30. The fraction of sp³-hybridized carbons (Fsp3) is 0.452. The first-order valence-electron chi connectivity index (χ1n) is 15.7. The summed E-state index contributed by atoms with van der Waals surface area (Å²) >= 11 is 0. The Morgan fingerprint density at radius 2 is 1.94 bits per heavy atom. The number of nitro groups is 1. The highest BCUT2D eigenvalue weighted by atomic mass is 31.2. The number of hydrogen-bond acceptors (Lipinski definition) is 12. The van der Waals surface area contributed by atoms with Crippen molar-refractivity contribution in [1.82, 2.24) is 19.5 Å². The number of amides is 1. The smallest absolute Gasteiger partial charge is 0.406 e. The molecule has 4 unspecified atom stereocenters. The molecule has 0 aliphatic carbocycles. The lowest BCUT2D eigenvalue weighted by atomic mass is 10.1. The maximum Gasteiger partial charge on any atom is 0.406 e. The number of aliphatic hydroxyl groups excluding tert-OH is 1. The van der Waals surface area contributed by atoms with Gasteiger partial charge in [-0.25, -0.2) is 14.4 Å². The number of rotatable bonds is 13. The van der Waals surface area contributed by atoms with E-state index in [1.807, 2.05) is 0 Å². The number of aliphatic hydroxyl groups is 1. The van der Waals surface area contributed by atoms with Gasteiger partial charge in [-0.2, -0.15) is 13.8 Å². The van der Waals surface area contributed by atoms with Gasteiger partial charge >= 0.3 is 25.0 Å². The summed E-state index contributed by atoms with van der Waals surface area (Å²) in [6.45, 7) is 3.22. The standard InChI is InChI=1S/C31H37F2N6O10P/c1-19(2)36-50(45,47-18-25-27(40)31(32,33)29(49-25)38-14-11-26(34)35-30(38)42)46-17-20-9-10-23(39(43)44)24(15-20)48-22-8-6-7-21(16-22)28(41)37-12-4-3-5-13-37/h6-11,14-16,19,25,27,29,40H,3-5,12-13,17-18H2,1-2H3,(H,36,45)(H2,34,35,42). The fourth-order valence-electron chi connectivity index (χ4n) is 5.45. The number of nitrogens with two attached hydrogens (primary N) is 1. The minimum Gasteiger partial charge on any atom is -0.450 e. The molecule has 2 saturated heterocycles. The van der Waals surface area contributed by atoms with Gasteiger partial charge in [0, 0.05) is 37.0 Å². The number of nitrogens with zero attached hydrogens (tertiary/aromatic N) is 4. The highest BCUT2D eigenvalue weighted by molar-refractivity contribution is 7.51. The summed E-state index contributed by atoms with van der Waals surface area (Å²) in [4.78, 5) is 41.5. The minimum absolute atomic E-state index is 0.173. The summed E-state index contributed by atoms with van der Waals surface area (Å²) < 4.78 is 66.3. The normalized spacial score (nSPS) is 21.6. The average molecular weight is 723 g/mol. The van der Waals surface area contributed by atoms with Crippen LogP contribution in [0.15, 0.2) is 59.5 Å². The van der Waals surface area contributed by atoms with Crippen LogP contribution in [0.4, 0.5) is 20.3 Å². The number of benzene rings is 2. The van der Waals surface area contributed by atoms with Gasteiger partial charge in [0.1, 0.15) is 17.7 Å². The van der Waals surface area contributed by atoms with Crippen molar-refractivity contribution in [1.29, 1.82) is 0 Å². The topological polar surface area (TPSA) is 211 Å². The maximum atomic E-state index is 15.0. The van der Waals surface area contributed by atoms with Gasteiger partial charge in [-0.05, 0) is 75.1 Å². The molecule has 16 nitrogen and oxygen atoms in total. The van der Waals surface area contributed by atoms with E-state index >= 15 is 8.78 Å². The zero-order chi connectivity index (χ0) is 36.2. The predicted molar refractivity (Wildman–Crippen MR) is 174 cm³/mol. The van der Waals surface area contributed by atoms with E-state index in [2.05, 4.69) is 10.1 Å². The first-order chi connectivity index (χ1) is 23.7. The molecule has 4 atom stereocenters. The molecule has 2 aliphatic heterocycles. The Kier molecular flexibility index (Phi) is 11.3. The van der Waals surface area contributed by atoms with E-state index in [1.54, 1.807) is 36.9 Å². The van der Waals surface area contributed by atoms with Crippen molar-refractivity contribution in [3.8, 4) is 11.5 Å². The van der Waals surface area contributed by atoms with E-state index in [0.717, 1.165) is 37.6 Å². The molecule has 5 rings (SSSR count). The number of halogens is 2. The summed E-state index contributed by atoms with van der Waals surface area (Å²) in [6, 6.07) is 10.7. The van der Waals surface area contributed by atoms with Gasteiger partial charge in [-0.15, -0.1) is 0 Å². The Morgan fingerprint density at radius 1 is 1.20 bits per heavy atom. The molecule has 2 fully saturated rings. The third kappa shape index (κ3) is 8.51. The number of ether oxygens (including phenoxy) is 2. The monoisotopic (exact) mass is 722 g/mol. The van der Waals surface area contributed by atoms with Gasteiger partial charge in [0.15, 0.2) is 6.10 Å². The summed E-state index contributed by atoms with van der Waals surface area (Å²) in [5.41, 5.74) is 4.53. The molecule has 0 radical (unpaired) electrons. The first-order valence-corrected chi connectivity index (χ1v) is 17.3. The van der Waals surface area contributed by atoms with Crippen molar-refractivity contribution in [3.05, 3.63) is 86.5 Å². The molecular formula is C31H37F2N6O10P. The number of carbonyl (C=O) groups excluding carboxylic acids is 1. The number of anilines is 1. The van der Waals surface area contributed by atoms with E-state index < -0.39 is 62.0 Å². The van der Waals surface area contributed by atoms with Gasteiger partial charge in [0.25, 0.3) is 5.91 Å². The lowest BCUT2D eigenvalue weighted by molar-refractivity contribution is -0.385. The lowest BCUT2D eigenvalue weighted by Gasteiger charge is -2.26. The molecule has 2 aliphatic rings. The largest absolute Gasteiger partial charge is 0.450 e. The van der Waals surface area contributed by atoms with Crippen LogP contribution in [0.3, 0.4) is 0 Å². The highest BCUT2D eigenvalue weighted by Crippen LogP contribution is 2.48. The number of carbonyl (C=O) groups is 1. The van der Waals surface area contributed by atoms with E-state index in [1.165, 1.54) is 18.2 Å². The molecule has 0 saturated carbocycles. The Balaban J connectivity index is 1.29. The SMILES string of the molecule is CC(C)NP(=O)(OCc1ccc([N+](=O)[O-])c(Oc2cccc(C(=O)N3CCCCC3)c2)c1)OCC1OC(n2ccc(N)nc2=O)C(F)(F)C1O. The lowest BCUT2D eigenvalue weighted by Crippen LogP contribution is -2.42. The predicted octanol–water partition coefficient (Wildman–Crippen LogP) is 4.39. The molecule has 3 heterocycles. The molecule has 0 bridgehead atoms. The summed E-state index contributed by atoms with van der Waals surface area (Å²) in [5, 5.41) is 24.8. The van der Waals surface area contributed by atoms with Crippen LogP contribution in [0.25, 0.3) is 0 Å². The Hall–Kier alpha value is -4.32. The van der Waals surface area contributed by atoms with Crippen LogP contribution in [0.2, 0.25) is 0 Å².